The smallest absolute Gasteiger partial charge is 0.335 e. The van der Waals surface area contributed by atoms with Crippen LogP contribution >= 0.6 is 23.2 Å². The zero-order chi connectivity index (χ0) is 22.3. The summed E-state index contributed by atoms with van der Waals surface area (Å²) >= 11 is 11.8. The van der Waals surface area contributed by atoms with Gasteiger partial charge in [-0.25, -0.2) is 14.1 Å². The Morgan fingerprint density at radius 2 is 1.81 bits per heavy atom. The van der Waals surface area contributed by atoms with Gasteiger partial charge in [0.1, 0.15) is 22.9 Å². The van der Waals surface area contributed by atoms with Gasteiger partial charge in [0, 0.05) is 10.6 Å². The molecule has 0 bridgehead atoms. The lowest BCUT2D eigenvalue weighted by atomic mass is 10.1. The molecule has 1 aromatic heterocycles. The molecule has 3 aromatic rings. The van der Waals surface area contributed by atoms with Crippen LogP contribution in [-0.2, 0) is 9.59 Å². The number of urea groups is 1. The largest absolute Gasteiger partial charge is 0.457 e. The maximum absolute atomic E-state index is 13.4. The van der Waals surface area contributed by atoms with Crippen molar-refractivity contribution in [3.8, 4) is 11.3 Å². The molecular formula is C22H13Cl2FN2O4. The number of furan rings is 1. The van der Waals surface area contributed by atoms with Crippen LogP contribution in [0, 0.1) is 12.7 Å². The van der Waals surface area contributed by atoms with Gasteiger partial charge in [-0.3, -0.25) is 14.9 Å². The first-order valence-electron chi connectivity index (χ1n) is 8.97. The van der Waals surface area contributed by atoms with E-state index in [1.54, 1.807) is 25.1 Å². The first-order chi connectivity index (χ1) is 14.7. The van der Waals surface area contributed by atoms with Crippen LogP contribution in [0.1, 0.15) is 11.3 Å². The molecule has 1 fully saturated rings. The Hall–Kier alpha value is -3.42. The number of rotatable bonds is 3. The van der Waals surface area contributed by atoms with Gasteiger partial charge in [0.15, 0.2) is 0 Å². The first-order valence-corrected chi connectivity index (χ1v) is 9.73. The van der Waals surface area contributed by atoms with Crippen molar-refractivity contribution in [2.24, 2.45) is 0 Å². The Morgan fingerprint density at radius 3 is 2.55 bits per heavy atom. The standard InChI is InChI=1S/C22H13Cl2FN2O4/c1-11-2-4-13(23)9-18(11)27-21(29)15(20(28)26-22(27)30)10-14-5-7-19(31-14)12-3-6-17(25)16(24)8-12/h2-10H,1H3,(H,26,28,30)/b15-10+. The van der Waals surface area contributed by atoms with Crippen LogP contribution in [0.5, 0.6) is 0 Å². The van der Waals surface area contributed by atoms with E-state index in [9.17, 15) is 18.8 Å². The fourth-order valence-electron chi connectivity index (χ4n) is 3.08. The monoisotopic (exact) mass is 458 g/mol. The highest BCUT2D eigenvalue weighted by molar-refractivity contribution is 6.39. The highest BCUT2D eigenvalue weighted by Crippen LogP contribution is 2.30. The summed E-state index contributed by atoms with van der Waals surface area (Å²) in [4.78, 5) is 38.5. The van der Waals surface area contributed by atoms with Crippen molar-refractivity contribution in [1.29, 1.82) is 0 Å². The fraction of sp³-hybridized carbons (Fsp3) is 0.0455. The minimum Gasteiger partial charge on any atom is -0.457 e. The van der Waals surface area contributed by atoms with E-state index in [1.807, 2.05) is 0 Å². The summed E-state index contributed by atoms with van der Waals surface area (Å²) in [5.74, 6) is -1.69. The summed E-state index contributed by atoms with van der Waals surface area (Å²) < 4.78 is 19.0. The number of benzene rings is 2. The van der Waals surface area contributed by atoms with Gasteiger partial charge in [0.2, 0.25) is 0 Å². The third-order valence-corrected chi connectivity index (χ3v) is 5.16. The molecule has 1 N–H and O–H groups in total. The van der Waals surface area contributed by atoms with Crippen LogP contribution in [-0.4, -0.2) is 17.8 Å². The maximum atomic E-state index is 13.4. The molecule has 2 heterocycles. The normalized spacial score (nSPS) is 15.5. The second-order valence-electron chi connectivity index (χ2n) is 6.72. The zero-order valence-electron chi connectivity index (χ0n) is 15.9. The Balaban J connectivity index is 1.70. The fourth-order valence-corrected chi connectivity index (χ4v) is 3.42. The van der Waals surface area contributed by atoms with Crippen LogP contribution in [0.15, 0.2) is 58.5 Å². The van der Waals surface area contributed by atoms with Crippen molar-refractivity contribution in [2.45, 2.75) is 6.92 Å². The molecule has 31 heavy (non-hydrogen) atoms. The molecule has 0 unspecified atom stereocenters. The number of amides is 4. The molecule has 4 amide bonds. The molecule has 0 atom stereocenters. The van der Waals surface area contributed by atoms with Crippen LogP contribution in [0.25, 0.3) is 17.4 Å². The number of barbiturate groups is 1. The molecule has 0 saturated carbocycles. The van der Waals surface area contributed by atoms with Gasteiger partial charge >= 0.3 is 6.03 Å². The first kappa shape index (κ1) is 20.8. The van der Waals surface area contributed by atoms with Crippen molar-refractivity contribution in [3.05, 3.63) is 81.3 Å². The van der Waals surface area contributed by atoms with Crippen LogP contribution in [0.3, 0.4) is 0 Å². The molecule has 0 radical (unpaired) electrons. The summed E-state index contributed by atoms with van der Waals surface area (Å²) in [6, 6.07) is 11.1. The number of carbonyl (C=O) groups is 3. The van der Waals surface area contributed by atoms with E-state index in [0.29, 0.717) is 21.9 Å². The van der Waals surface area contributed by atoms with Gasteiger partial charge in [-0.1, -0.05) is 29.3 Å². The van der Waals surface area contributed by atoms with E-state index in [-0.39, 0.29) is 22.0 Å². The maximum Gasteiger partial charge on any atom is 0.335 e. The number of halogens is 3. The molecular weight excluding hydrogens is 446 g/mol. The third kappa shape index (κ3) is 3.97. The lowest BCUT2D eigenvalue weighted by molar-refractivity contribution is -0.122. The Morgan fingerprint density at radius 1 is 1.03 bits per heavy atom. The van der Waals surface area contributed by atoms with Gasteiger partial charge < -0.3 is 4.42 Å². The van der Waals surface area contributed by atoms with Crippen molar-refractivity contribution in [3.63, 3.8) is 0 Å². The predicted molar refractivity (Wildman–Crippen MR) is 114 cm³/mol. The summed E-state index contributed by atoms with van der Waals surface area (Å²) in [6.45, 7) is 1.71. The zero-order valence-corrected chi connectivity index (χ0v) is 17.4. The molecule has 0 aliphatic carbocycles. The number of aryl methyl sites for hydroxylation is 1. The number of nitrogens with zero attached hydrogens (tertiary/aromatic N) is 1. The van der Waals surface area contributed by atoms with Crippen molar-refractivity contribution < 1.29 is 23.2 Å². The number of anilines is 1. The molecule has 1 aliphatic rings. The molecule has 4 rings (SSSR count). The van der Waals surface area contributed by atoms with Crippen LogP contribution in [0.2, 0.25) is 10.0 Å². The Kier molecular flexibility index (Phi) is 5.39. The van der Waals surface area contributed by atoms with E-state index in [1.165, 1.54) is 36.4 Å². The summed E-state index contributed by atoms with van der Waals surface area (Å²) in [5.41, 5.74) is 1.10. The average molecular weight is 459 g/mol. The quantitative estimate of drug-likeness (QED) is 0.422. The van der Waals surface area contributed by atoms with E-state index in [4.69, 9.17) is 27.6 Å². The minimum absolute atomic E-state index is 0.0679. The second-order valence-corrected chi connectivity index (χ2v) is 7.56. The highest BCUT2D eigenvalue weighted by Gasteiger charge is 2.37. The molecule has 9 heteroatoms. The van der Waals surface area contributed by atoms with Crippen molar-refractivity contribution in [2.75, 3.05) is 4.90 Å². The van der Waals surface area contributed by atoms with Crippen LogP contribution < -0.4 is 10.2 Å². The number of nitrogens with one attached hydrogen (secondary N) is 1. The molecule has 1 saturated heterocycles. The van der Waals surface area contributed by atoms with E-state index in [0.717, 1.165) is 4.90 Å². The Bertz CT molecular complexity index is 1280. The number of hydrogen-bond donors (Lipinski definition) is 1. The van der Waals surface area contributed by atoms with E-state index >= 15 is 0 Å². The lowest BCUT2D eigenvalue weighted by Gasteiger charge is -2.27. The summed E-state index contributed by atoms with van der Waals surface area (Å²) in [6.07, 6.45) is 1.23. The summed E-state index contributed by atoms with van der Waals surface area (Å²) in [5, 5.41) is 2.41. The summed E-state index contributed by atoms with van der Waals surface area (Å²) in [7, 11) is 0. The highest BCUT2D eigenvalue weighted by atomic mass is 35.5. The topological polar surface area (TPSA) is 79.6 Å². The molecule has 1 aliphatic heterocycles. The molecule has 2 aromatic carbocycles. The number of imide groups is 2. The van der Waals surface area contributed by atoms with Gasteiger partial charge in [-0.05, 0) is 61.0 Å². The SMILES string of the molecule is Cc1ccc(Cl)cc1N1C(=O)NC(=O)/C(=C\c2ccc(-c3ccc(F)c(Cl)c3)o2)C1=O. The second kappa shape index (κ2) is 8.02. The van der Waals surface area contributed by atoms with E-state index < -0.39 is 23.7 Å². The average Bonchev–Trinajstić information content (AvgIpc) is 3.18. The third-order valence-electron chi connectivity index (χ3n) is 4.63. The number of carbonyl (C=O) groups excluding carboxylic acids is 3. The van der Waals surface area contributed by atoms with Crippen LogP contribution in [0.4, 0.5) is 14.9 Å². The molecule has 6 nitrogen and oxygen atoms in total. The van der Waals surface area contributed by atoms with Gasteiger partial charge in [0.05, 0.1) is 10.7 Å². The molecule has 0 spiro atoms. The van der Waals surface area contributed by atoms with Crippen molar-refractivity contribution >= 4 is 52.8 Å². The Labute approximate surface area is 185 Å². The van der Waals surface area contributed by atoms with E-state index in [2.05, 4.69) is 5.32 Å². The predicted octanol–water partition coefficient (Wildman–Crippen LogP) is 5.37. The lowest BCUT2D eigenvalue weighted by Crippen LogP contribution is -2.54. The van der Waals surface area contributed by atoms with Crippen molar-refractivity contribution in [1.82, 2.24) is 5.32 Å². The number of hydrogen-bond acceptors (Lipinski definition) is 4. The van der Waals surface area contributed by atoms with Gasteiger partial charge in [-0.15, -0.1) is 0 Å². The molecule has 156 valence electrons. The minimum atomic E-state index is -0.876. The van der Waals surface area contributed by atoms with Gasteiger partial charge in [-0.2, -0.15) is 0 Å². The van der Waals surface area contributed by atoms with Gasteiger partial charge in [0.25, 0.3) is 11.8 Å².